The number of hydrogen-bond donors (Lipinski definition) is 1. The van der Waals surface area contributed by atoms with E-state index < -0.39 is 6.67 Å². The summed E-state index contributed by atoms with van der Waals surface area (Å²) in [5.74, 6) is 0. The number of benzene rings is 1. The zero-order chi connectivity index (χ0) is 21.2. The van der Waals surface area contributed by atoms with Crippen molar-refractivity contribution in [1.82, 2.24) is 15.2 Å². The van der Waals surface area contributed by atoms with Crippen molar-refractivity contribution in [2.75, 3.05) is 44.9 Å². The molecule has 1 aromatic heterocycles. The van der Waals surface area contributed by atoms with Crippen LogP contribution in [0.3, 0.4) is 0 Å². The molecular weight excluding hydrogens is 391 g/mol. The standard InChI is InChI=1S/C25H33FN4O/c1-29(24-9-2-5-18-7-4-10-27-25(18)24)16-20-13-22-19(15-28-20)6-3-8-23(22)30-11-12-31-21(14-26)17-30/h3-4,6-8,10,20-21,24,28H,2,5,9,11-17H2,1H3/t20-,21?,24-/m0/s1. The molecule has 3 heterocycles. The van der Waals surface area contributed by atoms with Gasteiger partial charge in [-0.15, -0.1) is 0 Å². The van der Waals surface area contributed by atoms with Crippen LogP contribution in [-0.2, 0) is 24.1 Å². The van der Waals surface area contributed by atoms with Crippen LogP contribution in [0.5, 0.6) is 0 Å². The molecule has 0 saturated carbocycles. The predicted molar refractivity (Wildman–Crippen MR) is 121 cm³/mol. The molecule has 31 heavy (non-hydrogen) atoms. The highest BCUT2D eigenvalue weighted by Gasteiger charge is 2.30. The van der Waals surface area contributed by atoms with Crippen LogP contribution in [0.4, 0.5) is 10.1 Å². The number of ether oxygens (including phenoxy) is 1. The van der Waals surface area contributed by atoms with Gasteiger partial charge >= 0.3 is 0 Å². The van der Waals surface area contributed by atoms with Crippen LogP contribution in [0.15, 0.2) is 36.5 Å². The van der Waals surface area contributed by atoms with E-state index in [1.54, 1.807) is 0 Å². The Balaban J connectivity index is 1.31. The van der Waals surface area contributed by atoms with Gasteiger partial charge in [0.2, 0.25) is 0 Å². The van der Waals surface area contributed by atoms with E-state index in [1.807, 2.05) is 6.20 Å². The van der Waals surface area contributed by atoms with Crippen molar-refractivity contribution in [1.29, 1.82) is 0 Å². The van der Waals surface area contributed by atoms with Crippen LogP contribution in [0.1, 0.15) is 41.3 Å². The van der Waals surface area contributed by atoms with Gasteiger partial charge in [-0.2, -0.15) is 0 Å². The number of anilines is 1. The van der Waals surface area contributed by atoms with E-state index in [9.17, 15) is 4.39 Å². The fourth-order valence-electron chi connectivity index (χ4n) is 5.54. The van der Waals surface area contributed by atoms with E-state index in [1.165, 1.54) is 40.9 Å². The largest absolute Gasteiger partial charge is 0.372 e. The minimum Gasteiger partial charge on any atom is -0.372 e. The normalized spacial score (nSPS) is 25.9. The molecule has 5 rings (SSSR count). The molecule has 6 heteroatoms. The molecule has 0 bridgehead atoms. The Hall–Kier alpha value is -2.02. The number of rotatable bonds is 5. The number of nitrogens with zero attached hydrogens (tertiary/aromatic N) is 3. The summed E-state index contributed by atoms with van der Waals surface area (Å²) in [6.07, 6.45) is 6.16. The Kier molecular flexibility index (Phi) is 6.21. The van der Waals surface area contributed by atoms with E-state index in [-0.39, 0.29) is 6.10 Å². The summed E-state index contributed by atoms with van der Waals surface area (Å²) in [5, 5.41) is 3.75. The summed E-state index contributed by atoms with van der Waals surface area (Å²) in [4.78, 5) is 9.54. The molecule has 3 aliphatic rings. The lowest BCUT2D eigenvalue weighted by molar-refractivity contribution is 0.0246. The van der Waals surface area contributed by atoms with Crippen LogP contribution in [0.25, 0.3) is 0 Å². The molecule has 1 aliphatic carbocycles. The zero-order valence-electron chi connectivity index (χ0n) is 18.4. The fraction of sp³-hybridized carbons (Fsp3) is 0.560. The van der Waals surface area contributed by atoms with Gasteiger partial charge in [-0.1, -0.05) is 18.2 Å². The average Bonchev–Trinajstić information content (AvgIpc) is 2.83. The number of hydrogen-bond acceptors (Lipinski definition) is 5. The second kappa shape index (κ2) is 9.23. The lowest BCUT2D eigenvalue weighted by Crippen LogP contribution is -2.47. The first kappa shape index (κ1) is 20.9. The Labute approximate surface area is 184 Å². The van der Waals surface area contributed by atoms with Crippen molar-refractivity contribution in [3.05, 3.63) is 58.9 Å². The number of pyridine rings is 1. The Morgan fingerprint density at radius 3 is 3.06 bits per heavy atom. The van der Waals surface area contributed by atoms with Crippen LogP contribution in [0, 0.1) is 0 Å². The number of morpholine rings is 1. The first-order valence-electron chi connectivity index (χ1n) is 11.6. The van der Waals surface area contributed by atoms with Gasteiger partial charge in [0, 0.05) is 44.1 Å². The van der Waals surface area contributed by atoms with Gasteiger partial charge in [0.15, 0.2) is 0 Å². The third-order valence-corrected chi connectivity index (χ3v) is 7.14. The maximum absolute atomic E-state index is 13.2. The van der Waals surface area contributed by atoms with E-state index in [2.05, 4.69) is 52.5 Å². The summed E-state index contributed by atoms with van der Waals surface area (Å²) >= 11 is 0. The maximum Gasteiger partial charge on any atom is 0.117 e. The second-order valence-electron chi connectivity index (χ2n) is 9.19. The van der Waals surface area contributed by atoms with Crippen molar-refractivity contribution in [2.24, 2.45) is 0 Å². The van der Waals surface area contributed by atoms with Crippen molar-refractivity contribution in [2.45, 2.75) is 50.4 Å². The molecule has 2 aromatic rings. The van der Waals surface area contributed by atoms with Gasteiger partial charge in [-0.05, 0) is 61.6 Å². The zero-order valence-corrected chi connectivity index (χ0v) is 18.4. The van der Waals surface area contributed by atoms with Gasteiger partial charge in [0.25, 0.3) is 0 Å². The predicted octanol–water partition coefficient (Wildman–Crippen LogP) is 3.28. The first-order valence-corrected chi connectivity index (χ1v) is 11.6. The number of halogens is 1. The molecule has 0 amide bonds. The number of nitrogens with one attached hydrogen (secondary N) is 1. The molecule has 5 nitrogen and oxygen atoms in total. The summed E-state index contributed by atoms with van der Waals surface area (Å²) < 4.78 is 18.8. The van der Waals surface area contributed by atoms with E-state index in [0.29, 0.717) is 25.2 Å². The molecule has 1 aromatic carbocycles. The molecule has 1 saturated heterocycles. The highest BCUT2D eigenvalue weighted by atomic mass is 19.1. The second-order valence-corrected chi connectivity index (χ2v) is 9.19. The molecule has 1 N–H and O–H groups in total. The van der Waals surface area contributed by atoms with Gasteiger partial charge < -0.3 is 15.0 Å². The number of likely N-dealkylation sites (N-methyl/N-ethyl adjacent to an activating group) is 1. The minimum absolute atomic E-state index is 0.313. The molecule has 2 aliphatic heterocycles. The highest BCUT2D eigenvalue weighted by molar-refractivity contribution is 5.58. The van der Waals surface area contributed by atoms with Crippen LogP contribution >= 0.6 is 0 Å². The van der Waals surface area contributed by atoms with Gasteiger partial charge in [0.1, 0.15) is 12.8 Å². The van der Waals surface area contributed by atoms with Gasteiger partial charge in [-0.3, -0.25) is 9.88 Å². The Bertz CT molecular complexity index is 907. The number of aromatic nitrogens is 1. The fourth-order valence-corrected chi connectivity index (χ4v) is 5.54. The van der Waals surface area contributed by atoms with Gasteiger partial charge in [-0.25, -0.2) is 4.39 Å². The number of aryl methyl sites for hydroxylation is 1. The van der Waals surface area contributed by atoms with Crippen LogP contribution in [0.2, 0.25) is 0 Å². The Morgan fingerprint density at radius 2 is 2.16 bits per heavy atom. The lowest BCUT2D eigenvalue weighted by atomic mass is 9.89. The van der Waals surface area contributed by atoms with E-state index in [4.69, 9.17) is 9.72 Å². The number of alkyl halides is 1. The van der Waals surface area contributed by atoms with Crippen LogP contribution in [-0.4, -0.2) is 62.0 Å². The highest BCUT2D eigenvalue weighted by Crippen LogP contribution is 2.33. The summed E-state index contributed by atoms with van der Waals surface area (Å²) in [7, 11) is 2.24. The quantitative estimate of drug-likeness (QED) is 0.798. The van der Waals surface area contributed by atoms with Crippen LogP contribution < -0.4 is 10.2 Å². The molecule has 0 radical (unpaired) electrons. The van der Waals surface area contributed by atoms with E-state index >= 15 is 0 Å². The van der Waals surface area contributed by atoms with Crippen molar-refractivity contribution in [3.8, 4) is 0 Å². The lowest BCUT2D eigenvalue weighted by Gasteiger charge is -2.39. The third-order valence-electron chi connectivity index (χ3n) is 7.14. The topological polar surface area (TPSA) is 40.6 Å². The summed E-state index contributed by atoms with van der Waals surface area (Å²) in [6.45, 7) is 3.52. The maximum atomic E-state index is 13.2. The van der Waals surface area contributed by atoms with Crippen molar-refractivity contribution in [3.63, 3.8) is 0 Å². The monoisotopic (exact) mass is 424 g/mol. The first-order chi connectivity index (χ1) is 15.2. The third kappa shape index (κ3) is 4.34. The molecule has 0 spiro atoms. The SMILES string of the molecule is CN(C[C@@H]1Cc2c(cccc2N2CCOC(CF)C2)CN1)[C@H]1CCCc2cccnc21. The van der Waals surface area contributed by atoms with Crippen molar-refractivity contribution < 1.29 is 9.13 Å². The Morgan fingerprint density at radius 1 is 1.26 bits per heavy atom. The summed E-state index contributed by atoms with van der Waals surface area (Å²) in [6, 6.07) is 11.6. The average molecular weight is 425 g/mol. The molecule has 166 valence electrons. The minimum atomic E-state index is -0.419. The molecular formula is C25H33FN4O. The van der Waals surface area contributed by atoms with E-state index in [0.717, 1.165) is 32.5 Å². The van der Waals surface area contributed by atoms with Crippen molar-refractivity contribution >= 4 is 5.69 Å². The summed E-state index contributed by atoms with van der Waals surface area (Å²) in [5.41, 5.74) is 6.71. The molecule has 3 atom stereocenters. The van der Waals surface area contributed by atoms with Gasteiger partial charge in [0.05, 0.1) is 18.3 Å². The number of fused-ring (bicyclic) bond motifs is 2. The smallest absolute Gasteiger partial charge is 0.117 e. The molecule has 1 unspecified atom stereocenters. The molecule has 1 fully saturated rings.